The van der Waals surface area contributed by atoms with Gasteiger partial charge >= 0.3 is 0 Å². The molecule has 14 heteroatoms. The Bertz CT molecular complexity index is 1760. The standard InChI is InChI=1S/C33H42FN3O8S2/c1-3-43-28-12-11-25(24-9-7-23(19-35)8-10-24)17-31(28)47(41,42)37-15-13-33(14-16-37)18-26(21-45-33)36-20-27(38)22-44-29-5-4-6-30(32(29)34)46(2,39)40/h4-12,17,26-27,36,38H,3,13-16,18-22,35H2,1-2H3/t26-,27-/m0/s1. The lowest BCUT2D eigenvalue weighted by molar-refractivity contribution is -0.0312. The predicted molar refractivity (Wildman–Crippen MR) is 175 cm³/mol. The fourth-order valence-electron chi connectivity index (χ4n) is 6.03. The first kappa shape index (κ1) is 35.2. The largest absolute Gasteiger partial charge is 0.492 e. The summed E-state index contributed by atoms with van der Waals surface area (Å²) in [6.45, 7) is 3.42. The highest BCUT2D eigenvalue weighted by Crippen LogP contribution is 2.39. The highest BCUT2D eigenvalue weighted by atomic mass is 32.2. The summed E-state index contributed by atoms with van der Waals surface area (Å²) in [4.78, 5) is -0.339. The van der Waals surface area contributed by atoms with Crippen LogP contribution in [-0.2, 0) is 31.1 Å². The van der Waals surface area contributed by atoms with Crippen LogP contribution in [0.3, 0.4) is 0 Å². The molecule has 2 heterocycles. The Labute approximate surface area is 275 Å². The van der Waals surface area contributed by atoms with Gasteiger partial charge in [-0.3, -0.25) is 0 Å². The van der Waals surface area contributed by atoms with E-state index in [0.717, 1.165) is 29.0 Å². The van der Waals surface area contributed by atoms with E-state index in [0.29, 0.717) is 44.8 Å². The van der Waals surface area contributed by atoms with E-state index in [1.165, 1.54) is 16.4 Å². The Morgan fingerprint density at radius 3 is 2.38 bits per heavy atom. The molecule has 2 aliphatic heterocycles. The molecule has 2 fully saturated rings. The molecule has 0 unspecified atom stereocenters. The zero-order valence-electron chi connectivity index (χ0n) is 26.5. The molecule has 2 aliphatic rings. The van der Waals surface area contributed by atoms with E-state index in [1.54, 1.807) is 12.1 Å². The summed E-state index contributed by atoms with van der Waals surface area (Å²) in [5.41, 5.74) is 7.86. The van der Waals surface area contributed by atoms with Gasteiger partial charge in [0.25, 0.3) is 0 Å². The molecule has 3 aromatic carbocycles. The number of benzene rings is 3. The minimum atomic E-state index is -3.87. The molecular weight excluding hydrogens is 650 g/mol. The van der Waals surface area contributed by atoms with Crippen molar-refractivity contribution in [2.45, 2.75) is 60.3 Å². The monoisotopic (exact) mass is 691 g/mol. The number of nitrogens with zero attached hydrogens (tertiary/aromatic N) is 1. The van der Waals surface area contributed by atoms with Crippen molar-refractivity contribution in [3.63, 3.8) is 0 Å². The third-order valence-corrected chi connectivity index (χ3v) is 11.7. The molecule has 0 amide bonds. The van der Waals surface area contributed by atoms with Crippen molar-refractivity contribution in [2.24, 2.45) is 5.73 Å². The van der Waals surface area contributed by atoms with E-state index in [9.17, 15) is 26.3 Å². The maximum Gasteiger partial charge on any atom is 0.246 e. The second-order valence-corrected chi connectivity index (χ2v) is 15.9. The van der Waals surface area contributed by atoms with Crippen LogP contribution in [0.25, 0.3) is 11.1 Å². The first-order chi connectivity index (χ1) is 22.3. The number of sulfonamides is 1. The first-order valence-corrected chi connectivity index (χ1v) is 18.9. The molecule has 2 atom stereocenters. The summed E-state index contributed by atoms with van der Waals surface area (Å²) >= 11 is 0. The molecule has 0 aromatic heterocycles. The Kier molecular flexibility index (Phi) is 10.9. The van der Waals surface area contributed by atoms with Gasteiger partial charge in [-0.05, 0) is 67.1 Å². The van der Waals surface area contributed by atoms with Gasteiger partial charge in [-0.1, -0.05) is 36.4 Å². The molecule has 0 radical (unpaired) electrons. The molecule has 0 aliphatic carbocycles. The highest BCUT2D eigenvalue weighted by Gasteiger charge is 2.45. The zero-order chi connectivity index (χ0) is 33.8. The third-order valence-electron chi connectivity index (χ3n) is 8.63. The van der Waals surface area contributed by atoms with Crippen molar-refractivity contribution >= 4 is 19.9 Å². The average Bonchev–Trinajstić information content (AvgIpc) is 3.45. The third kappa shape index (κ3) is 8.13. The summed E-state index contributed by atoms with van der Waals surface area (Å²) < 4.78 is 84.8. The molecule has 3 aromatic rings. The number of nitrogens with two attached hydrogens (primary N) is 1. The van der Waals surface area contributed by atoms with Gasteiger partial charge < -0.3 is 30.4 Å². The van der Waals surface area contributed by atoms with Gasteiger partial charge in [0.15, 0.2) is 21.4 Å². The Morgan fingerprint density at radius 2 is 1.72 bits per heavy atom. The Balaban J connectivity index is 1.16. The van der Waals surface area contributed by atoms with E-state index >= 15 is 0 Å². The van der Waals surface area contributed by atoms with Crippen molar-refractivity contribution in [3.05, 3.63) is 72.0 Å². The summed E-state index contributed by atoms with van der Waals surface area (Å²) in [6.07, 6.45) is 1.58. The lowest BCUT2D eigenvalue weighted by Gasteiger charge is -2.38. The maximum absolute atomic E-state index is 14.5. The van der Waals surface area contributed by atoms with Crippen LogP contribution in [0.5, 0.6) is 11.5 Å². The lowest BCUT2D eigenvalue weighted by atomic mass is 9.88. The number of rotatable bonds is 13. The van der Waals surface area contributed by atoms with Gasteiger partial charge in [-0.15, -0.1) is 0 Å². The van der Waals surface area contributed by atoms with Crippen LogP contribution in [0.4, 0.5) is 4.39 Å². The van der Waals surface area contributed by atoms with E-state index < -0.39 is 42.3 Å². The number of ether oxygens (including phenoxy) is 3. The molecule has 1 spiro atoms. The van der Waals surface area contributed by atoms with Crippen LogP contribution >= 0.6 is 0 Å². The molecule has 5 rings (SSSR count). The first-order valence-electron chi connectivity index (χ1n) is 15.6. The fourth-order valence-corrected chi connectivity index (χ4v) is 8.38. The molecule has 256 valence electrons. The van der Waals surface area contributed by atoms with Crippen molar-refractivity contribution < 1.29 is 40.5 Å². The van der Waals surface area contributed by atoms with Crippen molar-refractivity contribution in [1.82, 2.24) is 9.62 Å². The van der Waals surface area contributed by atoms with Crippen LogP contribution in [-0.4, -0.2) is 89.7 Å². The maximum atomic E-state index is 14.5. The molecule has 2 saturated heterocycles. The fraction of sp³-hybridized carbons (Fsp3) is 0.455. The average molecular weight is 692 g/mol. The quantitative estimate of drug-likeness (QED) is 0.243. The SMILES string of the molecule is CCOc1ccc(-c2ccc(CN)cc2)cc1S(=O)(=O)N1CCC2(CC1)C[C@H](NC[C@H](O)COc1cccc(S(C)(=O)=O)c1F)CO2. The van der Waals surface area contributed by atoms with Crippen LogP contribution in [0.1, 0.15) is 31.7 Å². The van der Waals surface area contributed by atoms with Crippen molar-refractivity contribution in [2.75, 3.05) is 45.7 Å². The smallest absolute Gasteiger partial charge is 0.246 e. The number of hydrogen-bond acceptors (Lipinski definition) is 10. The van der Waals surface area contributed by atoms with Gasteiger partial charge in [-0.2, -0.15) is 4.31 Å². The minimum absolute atomic E-state index is 0.0787. The number of piperidine rings is 1. The summed E-state index contributed by atoms with van der Waals surface area (Å²) in [6, 6.07) is 16.7. The summed E-state index contributed by atoms with van der Waals surface area (Å²) in [5, 5.41) is 13.7. The summed E-state index contributed by atoms with van der Waals surface area (Å²) in [5.74, 6) is -0.933. The molecule has 0 saturated carbocycles. The lowest BCUT2D eigenvalue weighted by Crippen LogP contribution is -2.47. The van der Waals surface area contributed by atoms with Crippen molar-refractivity contribution in [1.29, 1.82) is 0 Å². The molecular formula is C33H42FN3O8S2. The predicted octanol–water partition coefficient (Wildman–Crippen LogP) is 3.10. The van der Waals surface area contributed by atoms with Crippen LogP contribution in [0, 0.1) is 5.82 Å². The minimum Gasteiger partial charge on any atom is -0.492 e. The highest BCUT2D eigenvalue weighted by molar-refractivity contribution is 7.90. The zero-order valence-corrected chi connectivity index (χ0v) is 28.2. The van der Waals surface area contributed by atoms with E-state index in [4.69, 9.17) is 19.9 Å². The molecule has 11 nitrogen and oxygen atoms in total. The van der Waals surface area contributed by atoms with E-state index in [1.807, 2.05) is 37.3 Å². The second kappa shape index (κ2) is 14.6. The van der Waals surface area contributed by atoms with Gasteiger partial charge in [0, 0.05) is 38.5 Å². The van der Waals surface area contributed by atoms with Crippen LogP contribution in [0.2, 0.25) is 0 Å². The molecule has 4 N–H and O–H groups in total. The summed E-state index contributed by atoms with van der Waals surface area (Å²) in [7, 11) is -7.64. The number of sulfone groups is 1. The number of aliphatic hydroxyl groups is 1. The normalized spacial score (nSPS) is 19.1. The van der Waals surface area contributed by atoms with Gasteiger partial charge in [0.1, 0.15) is 28.3 Å². The number of nitrogens with one attached hydrogen (secondary N) is 1. The molecule has 0 bridgehead atoms. The Morgan fingerprint density at radius 1 is 1.02 bits per heavy atom. The number of hydrogen-bond donors (Lipinski definition) is 3. The second-order valence-electron chi connectivity index (χ2n) is 12.0. The van der Waals surface area contributed by atoms with E-state index in [-0.39, 0.29) is 42.9 Å². The topological polar surface area (TPSA) is 157 Å². The number of aliphatic hydroxyl groups excluding tert-OH is 1. The Hall–Kier alpha value is -3.11. The van der Waals surface area contributed by atoms with Crippen LogP contribution in [0.15, 0.2) is 70.5 Å². The van der Waals surface area contributed by atoms with Crippen LogP contribution < -0.4 is 20.5 Å². The van der Waals surface area contributed by atoms with E-state index in [2.05, 4.69) is 5.32 Å². The number of halogens is 1. The molecule has 47 heavy (non-hydrogen) atoms. The van der Waals surface area contributed by atoms with Gasteiger partial charge in [0.05, 0.1) is 18.8 Å². The van der Waals surface area contributed by atoms with Gasteiger partial charge in [-0.25, -0.2) is 21.2 Å². The van der Waals surface area contributed by atoms with Crippen molar-refractivity contribution in [3.8, 4) is 22.6 Å². The van der Waals surface area contributed by atoms with Gasteiger partial charge in [0.2, 0.25) is 10.0 Å².